The van der Waals surface area contributed by atoms with E-state index in [-0.39, 0.29) is 5.91 Å². The molecule has 0 aliphatic carbocycles. The Balaban J connectivity index is 1.42. The Bertz CT molecular complexity index is 711. The Morgan fingerprint density at radius 1 is 1.12 bits per heavy atom. The molecule has 1 aromatic carbocycles. The molecular weight excluding hydrogens is 324 g/mol. The first-order chi connectivity index (χ1) is 12.6. The Labute approximate surface area is 156 Å². The zero-order chi connectivity index (χ0) is 18.4. The molecule has 0 atom stereocenters. The van der Waals surface area contributed by atoms with Crippen LogP contribution in [0.4, 0.5) is 5.69 Å². The van der Waals surface area contributed by atoms with Crippen molar-refractivity contribution in [3.8, 4) is 0 Å². The first-order valence-corrected chi connectivity index (χ1v) is 9.28. The molecule has 138 valence electrons. The maximum Gasteiger partial charge on any atom is 0.236 e. The lowest BCUT2D eigenvalue weighted by molar-refractivity contribution is -0.131. The molecule has 26 heavy (non-hydrogen) atoms. The fourth-order valence-electron chi connectivity index (χ4n) is 3.27. The van der Waals surface area contributed by atoms with Gasteiger partial charge in [0.15, 0.2) is 0 Å². The highest BCUT2D eigenvalue weighted by molar-refractivity contribution is 5.78. The minimum absolute atomic E-state index is 0.197. The molecule has 1 saturated heterocycles. The summed E-state index contributed by atoms with van der Waals surface area (Å²) in [5.41, 5.74) is 3.78. The van der Waals surface area contributed by atoms with Crippen LogP contribution in [0, 0.1) is 6.92 Å². The number of aryl methyl sites for hydroxylation is 1. The zero-order valence-corrected chi connectivity index (χ0v) is 15.8. The summed E-state index contributed by atoms with van der Waals surface area (Å²) in [5.74, 6) is 0.197. The molecular formula is C21H28N4O. The second kappa shape index (κ2) is 8.81. The number of hydrogen-bond acceptors (Lipinski definition) is 4. The first-order valence-electron chi connectivity index (χ1n) is 9.28. The summed E-state index contributed by atoms with van der Waals surface area (Å²) in [6, 6.07) is 12.6. The van der Waals surface area contributed by atoms with Crippen LogP contribution in [0.2, 0.25) is 0 Å². The van der Waals surface area contributed by atoms with E-state index in [9.17, 15) is 4.79 Å². The van der Waals surface area contributed by atoms with Gasteiger partial charge in [0.1, 0.15) is 0 Å². The number of carbonyl (C=O) groups is 1. The molecule has 0 bridgehead atoms. The lowest BCUT2D eigenvalue weighted by Gasteiger charge is -2.36. The highest BCUT2D eigenvalue weighted by atomic mass is 16.2. The molecule has 1 fully saturated rings. The van der Waals surface area contributed by atoms with E-state index in [0.29, 0.717) is 6.54 Å². The van der Waals surface area contributed by atoms with Crippen molar-refractivity contribution in [2.45, 2.75) is 13.3 Å². The Kier molecular flexibility index (Phi) is 6.23. The summed E-state index contributed by atoms with van der Waals surface area (Å²) in [6.07, 6.45) is 4.46. The van der Waals surface area contributed by atoms with Gasteiger partial charge in [-0.2, -0.15) is 0 Å². The van der Waals surface area contributed by atoms with Crippen LogP contribution in [0.5, 0.6) is 0 Å². The highest BCUT2D eigenvalue weighted by Gasteiger charge is 2.20. The van der Waals surface area contributed by atoms with Crippen LogP contribution in [0.1, 0.15) is 11.1 Å². The third kappa shape index (κ3) is 5.05. The van der Waals surface area contributed by atoms with Gasteiger partial charge in [-0.25, -0.2) is 0 Å². The van der Waals surface area contributed by atoms with E-state index < -0.39 is 0 Å². The summed E-state index contributed by atoms with van der Waals surface area (Å²) in [7, 11) is 1.90. The molecule has 5 nitrogen and oxygen atoms in total. The van der Waals surface area contributed by atoms with Gasteiger partial charge < -0.3 is 9.80 Å². The molecule has 2 heterocycles. The third-order valence-electron chi connectivity index (χ3n) is 5.01. The largest absolute Gasteiger partial charge is 0.369 e. The Morgan fingerprint density at radius 3 is 2.54 bits per heavy atom. The van der Waals surface area contributed by atoms with Crippen molar-refractivity contribution in [3.05, 3.63) is 59.9 Å². The lowest BCUT2D eigenvalue weighted by atomic mass is 10.2. The fourth-order valence-corrected chi connectivity index (χ4v) is 3.27. The van der Waals surface area contributed by atoms with Gasteiger partial charge in [-0.3, -0.25) is 14.7 Å². The van der Waals surface area contributed by atoms with Crippen LogP contribution in [-0.2, 0) is 11.2 Å². The van der Waals surface area contributed by atoms with E-state index >= 15 is 0 Å². The van der Waals surface area contributed by atoms with E-state index in [2.05, 4.69) is 46.0 Å². The lowest BCUT2D eigenvalue weighted by Crippen LogP contribution is -2.49. The summed E-state index contributed by atoms with van der Waals surface area (Å²) >= 11 is 0. The maximum absolute atomic E-state index is 12.5. The standard InChI is InChI=1S/C21H28N4O/c1-18-4-3-5-20(16-18)25-14-12-24(13-15-25)17-21(26)23(2)11-8-19-6-9-22-10-7-19/h3-7,9-10,16H,8,11-15,17H2,1-2H3. The molecule has 0 radical (unpaired) electrons. The molecule has 3 rings (SSSR count). The second-order valence-corrected chi connectivity index (χ2v) is 7.02. The predicted molar refractivity (Wildman–Crippen MR) is 105 cm³/mol. The highest BCUT2D eigenvalue weighted by Crippen LogP contribution is 2.17. The first kappa shape index (κ1) is 18.4. The topological polar surface area (TPSA) is 39.7 Å². The van der Waals surface area contributed by atoms with Crippen molar-refractivity contribution in [1.82, 2.24) is 14.8 Å². The van der Waals surface area contributed by atoms with Gasteiger partial charge in [-0.15, -0.1) is 0 Å². The van der Waals surface area contributed by atoms with E-state index in [1.54, 1.807) is 12.4 Å². The van der Waals surface area contributed by atoms with Gasteiger partial charge in [0.2, 0.25) is 5.91 Å². The van der Waals surface area contributed by atoms with Gasteiger partial charge >= 0.3 is 0 Å². The molecule has 2 aromatic rings. The molecule has 0 unspecified atom stereocenters. The molecule has 1 aliphatic rings. The van der Waals surface area contributed by atoms with Crippen LogP contribution in [0.15, 0.2) is 48.8 Å². The van der Waals surface area contributed by atoms with E-state index in [1.165, 1.54) is 16.8 Å². The average Bonchev–Trinajstić information content (AvgIpc) is 2.67. The van der Waals surface area contributed by atoms with Crippen molar-refractivity contribution in [2.75, 3.05) is 51.2 Å². The number of aromatic nitrogens is 1. The molecule has 5 heteroatoms. The quantitative estimate of drug-likeness (QED) is 0.799. The number of hydrogen-bond donors (Lipinski definition) is 0. The Morgan fingerprint density at radius 2 is 1.85 bits per heavy atom. The molecule has 0 spiro atoms. The minimum Gasteiger partial charge on any atom is -0.369 e. The predicted octanol–water partition coefficient (Wildman–Crippen LogP) is 2.21. The van der Waals surface area contributed by atoms with Crippen LogP contribution in [0.3, 0.4) is 0 Å². The number of nitrogens with zero attached hydrogens (tertiary/aromatic N) is 4. The molecule has 0 N–H and O–H groups in total. The normalized spacial score (nSPS) is 15.1. The molecule has 1 aliphatic heterocycles. The summed E-state index contributed by atoms with van der Waals surface area (Å²) in [4.78, 5) is 23.0. The molecule has 0 saturated carbocycles. The molecule has 1 aromatic heterocycles. The number of carbonyl (C=O) groups excluding carboxylic acids is 1. The fraction of sp³-hybridized carbons (Fsp3) is 0.429. The van der Waals surface area contributed by atoms with Crippen LogP contribution in [0.25, 0.3) is 0 Å². The van der Waals surface area contributed by atoms with Gasteiger partial charge in [0, 0.05) is 57.9 Å². The number of amides is 1. The summed E-state index contributed by atoms with van der Waals surface area (Å²) in [6.45, 7) is 7.17. The number of piperazine rings is 1. The average molecular weight is 352 g/mol. The van der Waals surface area contributed by atoms with Crippen LogP contribution >= 0.6 is 0 Å². The van der Waals surface area contributed by atoms with Gasteiger partial charge in [-0.05, 0) is 48.7 Å². The maximum atomic E-state index is 12.5. The summed E-state index contributed by atoms with van der Waals surface area (Å²) in [5, 5.41) is 0. The third-order valence-corrected chi connectivity index (χ3v) is 5.01. The van der Waals surface area contributed by atoms with Crippen LogP contribution < -0.4 is 4.90 Å². The zero-order valence-electron chi connectivity index (χ0n) is 15.8. The van der Waals surface area contributed by atoms with Crippen molar-refractivity contribution >= 4 is 11.6 Å². The number of likely N-dealkylation sites (N-methyl/N-ethyl adjacent to an activating group) is 1. The monoisotopic (exact) mass is 352 g/mol. The SMILES string of the molecule is Cc1cccc(N2CCN(CC(=O)N(C)CCc3ccncc3)CC2)c1. The number of benzene rings is 1. The number of anilines is 1. The molecule has 1 amide bonds. The van der Waals surface area contributed by atoms with Crippen molar-refractivity contribution in [3.63, 3.8) is 0 Å². The smallest absolute Gasteiger partial charge is 0.236 e. The number of pyridine rings is 1. The Hall–Kier alpha value is -2.40. The van der Waals surface area contributed by atoms with Gasteiger partial charge in [0.25, 0.3) is 0 Å². The minimum atomic E-state index is 0.197. The van der Waals surface area contributed by atoms with E-state index in [0.717, 1.165) is 39.1 Å². The number of rotatable bonds is 6. The van der Waals surface area contributed by atoms with E-state index in [4.69, 9.17) is 0 Å². The van der Waals surface area contributed by atoms with Crippen molar-refractivity contribution in [1.29, 1.82) is 0 Å². The van der Waals surface area contributed by atoms with E-state index in [1.807, 2.05) is 24.1 Å². The van der Waals surface area contributed by atoms with Crippen molar-refractivity contribution in [2.24, 2.45) is 0 Å². The van der Waals surface area contributed by atoms with Crippen LogP contribution in [-0.4, -0.2) is 67.0 Å². The van der Waals surface area contributed by atoms with Gasteiger partial charge in [-0.1, -0.05) is 12.1 Å². The second-order valence-electron chi connectivity index (χ2n) is 7.02. The summed E-state index contributed by atoms with van der Waals surface area (Å²) < 4.78 is 0. The van der Waals surface area contributed by atoms with Crippen molar-refractivity contribution < 1.29 is 4.79 Å². The van der Waals surface area contributed by atoms with Gasteiger partial charge in [0.05, 0.1) is 6.54 Å².